The Morgan fingerprint density at radius 1 is 1.33 bits per heavy atom. The van der Waals surface area contributed by atoms with E-state index in [-0.39, 0.29) is 17.9 Å². The van der Waals surface area contributed by atoms with Crippen LogP contribution in [-0.4, -0.2) is 5.16 Å². The third kappa shape index (κ3) is 1.61. The SMILES string of the molecule is NCc1cnoc1-c1cccc(F)c1F. The number of nitrogens with zero attached hydrogens (tertiary/aromatic N) is 1. The van der Waals surface area contributed by atoms with E-state index in [9.17, 15) is 8.78 Å². The zero-order valence-corrected chi connectivity index (χ0v) is 7.71. The molecule has 15 heavy (non-hydrogen) atoms. The van der Waals surface area contributed by atoms with Crippen LogP contribution in [0, 0.1) is 11.6 Å². The van der Waals surface area contributed by atoms with E-state index in [0.29, 0.717) is 5.56 Å². The largest absolute Gasteiger partial charge is 0.356 e. The van der Waals surface area contributed by atoms with Gasteiger partial charge in [-0.05, 0) is 12.1 Å². The van der Waals surface area contributed by atoms with Crippen LogP contribution < -0.4 is 5.73 Å². The van der Waals surface area contributed by atoms with Crippen LogP contribution in [0.25, 0.3) is 11.3 Å². The van der Waals surface area contributed by atoms with E-state index in [1.165, 1.54) is 18.3 Å². The molecule has 0 radical (unpaired) electrons. The lowest BCUT2D eigenvalue weighted by molar-refractivity contribution is 0.426. The van der Waals surface area contributed by atoms with Crippen molar-refractivity contribution in [1.82, 2.24) is 5.16 Å². The van der Waals surface area contributed by atoms with Crippen molar-refractivity contribution in [1.29, 1.82) is 0 Å². The van der Waals surface area contributed by atoms with Gasteiger partial charge in [-0.3, -0.25) is 0 Å². The first-order valence-corrected chi connectivity index (χ1v) is 4.32. The molecule has 1 heterocycles. The van der Waals surface area contributed by atoms with Crippen LogP contribution in [0.4, 0.5) is 8.78 Å². The number of rotatable bonds is 2. The van der Waals surface area contributed by atoms with Gasteiger partial charge in [-0.1, -0.05) is 11.2 Å². The van der Waals surface area contributed by atoms with Gasteiger partial charge in [0.2, 0.25) is 0 Å². The molecule has 2 aromatic rings. The molecule has 0 fully saturated rings. The third-order valence-corrected chi connectivity index (χ3v) is 2.06. The van der Waals surface area contributed by atoms with E-state index in [1.807, 2.05) is 0 Å². The first-order chi connectivity index (χ1) is 7.24. The quantitative estimate of drug-likeness (QED) is 0.825. The van der Waals surface area contributed by atoms with Crippen LogP contribution in [0.5, 0.6) is 0 Å². The van der Waals surface area contributed by atoms with Gasteiger partial charge in [0, 0.05) is 12.1 Å². The highest BCUT2D eigenvalue weighted by molar-refractivity contribution is 5.61. The summed E-state index contributed by atoms with van der Waals surface area (Å²) in [7, 11) is 0. The first-order valence-electron chi connectivity index (χ1n) is 4.32. The molecule has 1 aromatic carbocycles. The van der Waals surface area contributed by atoms with Gasteiger partial charge >= 0.3 is 0 Å². The molecule has 0 aliphatic carbocycles. The van der Waals surface area contributed by atoms with Crippen molar-refractivity contribution in [2.75, 3.05) is 0 Å². The van der Waals surface area contributed by atoms with Crippen molar-refractivity contribution in [3.05, 3.63) is 41.6 Å². The van der Waals surface area contributed by atoms with Gasteiger partial charge in [-0.25, -0.2) is 8.78 Å². The number of halogens is 2. The Labute approximate surface area is 84.5 Å². The lowest BCUT2D eigenvalue weighted by atomic mass is 10.1. The molecule has 0 saturated carbocycles. The highest BCUT2D eigenvalue weighted by Gasteiger charge is 2.16. The molecular formula is C10H8F2N2O. The molecule has 0 bridgehead atoms. The molecule has 0 atom stereocenters. The monoisotopic (exact) mass is 210 g/mol. The van der Waals surface area contributed by atoms with Gasteiger partial charge in [0.15, 0.2) is 17.4 Å². The van der Waals surface area contributed by atoms with Crippen molar-refractivity contribution >= 4 is 0 Å². The molecule has 0 saturated heterocycles. The highest BCUT2D eigenvalue weighted by atomic mass is 19.2. The van der Waals surface area contributed by atoms with Crippen molar-refractivity contribution in [2.45, 2.75) is 6.54 Å². The zero-order chi connectivity index (χ0) is 10.8. The highest BCUT2D eigenvalue weighted by Crippen LogP contribution is 2.27. The maximum atomic E-state index is 13.4. The average Bonchev–Trinajstić information content (AvgIpc) is 2.70. The molecular weight excluding hydrogens is 202 g/mol. The smallest absolute Gasteiger partial charge is 0.174 e. The molecule has 0 unspecified atom stereocenters. The van der Waals surface area contributed by atoms with Gasteiger partial charge in [0.1, 0.15) is 0 Å². The average molecular weight is 210 g/mol. The molecule has 2 N–H and O–H groups in total. The Kier molecular flexibility index (Phi) is 2.47. The summed E-state index contributed by atoms with van der Waals surface area (Å²) in [6.45, 7) is 0.161. The zero-order valence-electron chi connectivity index (χ0n) is 7.71. The molecule has 1 aromatic heterocycles. The summed E-state index contributed by atoms with van der Waals surface area (Å²) >= 11 is 0. The van der Waals surface area contributed by atoms with Gasteiger partial charge < -0.3 is 10.3 Å². The van der Waals surface area contributed by atoms with Crippen LogP contribution >= 0.6 is 0 Å². The van der Waals surface area contributed by atoms with Crippen LogP contribution in [0.15, 0.2) is 28.9 Å². The predicted octanol–water partition coefficient (Wildman–Crippen LogP) is 2.08. The Morgan fingerprint density at radius 2 is 2.13 bits per heavy atom. The fourth-order valence-electron chi connectivity index (χ4n) is 1.31. The molecule has 5 heteroatoms. The number of hydrogen-bond donors (Lipinski definition) is 1. The van der Waals surface area contributed by atoms with Gasteiger partial charge in [0.25, 0.3) is 0 Å². The summed E-state index contributed by atoms with van der Waals surface area (Å²) in [6, 6.07) is 3.85. The molecule has 0 amide bonds. The summed E-state index contributed by atoms with van der Waals surface area (Å²) in [4.78, 5) is 0. The van der Waals surface area contributed by atoms with Gasteiger partial charge in [0.05, 0.1) is 11.8 Å². The van der Waals surface area contributed by atoms with Gasteiger partial charge in [-0.2, -0.15) is 0 Å². The lowest BCUT2D eigenvalue weighted by Crippen LogP contribution is -1.97. The molecule has 2 rings (SSSR count). The van der Waals surface area contributed by atoms with E-state index in [2.05, 4.69) is 5.16 Å². The fourth-order valence-corrected chi connectivity index (χ4v) is 1.31. The van der Waals surface area contributed by atoms with E-state index < -0.39 is 11.6 Å². The normalized spacial score (nSPS) is 10.6. The van der Waals surface area contributed by atoms with E-state index in [4.69, 9.17) is 10.3 Å². The van der Waals surface area contributed by atoms with Crippen molar-refractivity contribution in [2.24, 2.45) is 5.73 Å². The summed E-state index contributed by atoms with van der Waals surface area (Å²) < 4.78 is 31.2. The minimum absolute atomic E-state index is 0.0351. The topological polar surface area (TPSA) is 52.0 Å². The summed E-state index contributed by atoms with van der Waals surface area (Å²) in [5.74, 6) is -1.70. The number of hydrogen-bond acceptors (Lipinski definition) is 3. The second kappa shape index (κ2) is 3.78. The Hall–Kier alpha value is -1.75. The van der Waals surface area contributed by atoms with E-state index in [0.717, 1.165) is 6.07 Å². The fraction of sp³-hybridized carbons (Fsp3) is 0.100. The molecule has 3 nitrogen and oxygen atoms in total. The number of nitrogens with two attached hydrogens (primary N) is 1. The Morgan fingerprint density at radius 3 is 2.87 bits per heavy atom. The van der Waals surface area contributed by atoms with Gasteiger partial charge in [-0.15, -0.1) is 0 Å². The maximum Gasteiger partial charge on any atom is 0.174 e. The van der Waals surface area contributed by atoms with Crippen molar-refractivity contribution in [3.63, 3.8) is 0 Å². The minimum atomic E-state index is -0.955. The maximum absolute atomic E-state index is 13.4. The second-order valence-corrected chi connectivity index (χ2v) is 2.99. The first kappa shape index (κ1) is 9.79. The number of aromatic nitrogens is 1. The number of benzene rings is 1. The third-order valence-electron chi connectivity index (χ3n) is 2.06. The minimum Gasteiger partial charge on any atom is -0.356 e. The van der Waals surface area contributed by atoms with Crippen LogP contribution in [0.1, 0.15) is 5.56 Å². The standard InChI is InChI=1S/C10H8F2N2O/c11-8-3-1-2-7(9(8)12)10-6(4-13)5-14-15-10/h1-3,5H,4,13H2. The van der Waals surface area contributed by atoms with Crippen LogP contribution in [0.3, 0.4) is 0 Å². The van der Waals surface area contributed by atoms with Crippen molar-refractivity contribution < 1.29 is 13.3 Å². The predicted molar refractivity (Wildman–Crippen MR) is 49.7 cm³/mol. The second-order valence-electron chi connectivity index (χ2n) is 2.99. The Balaban J connectivity index is 2.59. The summed E-state index contributed by atoms with van der Waals surface area (Å²) in [6.07, 6.45) is 1.39. The molecule has 0 aliphatic heterocycles. The van der Waals surface area contributed by atoms with E-state index in [1.54, 1.807) is 0 Å². The van der Waals surface area contributed by atoms with Crippen molar-refractivity contribution in [3.8, 4) is 11.3 Å². The van der Waals surface area contributed by atoms with Crippen LogP contribution in [-0.2, 0) is 6.54 Å². The summed E-state index contributed by atoms with van der Waals surface area (Å²) in [5.41, 5.74) is 5.98. The van der Waals surface area contributed by atoms with E-state index >= 15 is 0 Å². The molecule has 0 aliphatic rings. The molecule has 78 valence electrons. The molecule has 0 spiro atoms. The summed E-state index contributed by atoms with van der Waals surface area (Å²) in [5, 5.41) is 3.50. The Bertz CT molecular complexity index is 482. The van der Waals surface area contributed by atoms with Crippen LogP contribution in [0.2, 0.25) is 0 Å². The lowest BCUT2D eigenvalue weighted by Gasteiger charge is -2.01.